The maximum absolute atomic E-state index is 12.1. The van der Waals surface area contributed by atoms with E-state index in [9.17, 15) is 9.90 Å². The number of ketones is 1. The molecule has 6 unspecified atom stereocenters. The van der Waals surface area contributed by atoms with Crippen LogP contribution in [0.3, 0.4) is 0 Å². The van der Waals surface area contributed by atoms with Crippen molar-refractivity contribution in [3.8, 4) is 0 Å². The Balaban J connectivity index is 1.41. The number of hydrogen-bond donors (Lipinski definition) is 1. The van der Waals surface area contributed by atoms with E-state index in [2.05, 4.69) is 6.92 Å². The molecule has 1 spiro atoms. The molecule has 0 radical (unpaired) electrons. The molecule has 3 heteroatoms. The highest BCUT2D eigenvalue weighted by Gasteiger charge is 2.78. The van der Waals surface area contributed by atoms with Gasteiger partial charge in [0, 0.05) is 31.0 Å². The fraction of sp³-hybridized carbons (Fsp3) is 0.875. The Hall–Kier alpha value is -0.670. The van der Waals surface area contributed by atoms with Crippen molar-refractivity contribution in [3.05, 3.63) is 11.6 Å². The van der Waals surface area contributed by atoms with Gasteiger partial charge in [0.2, 0.25) is 0 Å². The highest BCUT2D eigenvalue weighted by atomic mass is 16.5. The Kier molecular flexibility index (Phi) is 3.63. The number of fused-ring (bicyclic) bond motifs is 9. The molecule has 1 saturated heterocycles. The Labute approximate surface area is 162 Å². The first kappa shape index (κ1) is 17.2. The predicted molar refractivity (Wildman–Crippen MR) is 103 cm³/mol. The van der Waals surface area contributed by atoms with Crippen LogP contribution >= 0.6 is 0 Å². The summed E-state index contributed by atoms with van der Waals surface area (Å²) < 4.78 is 6.67. The molecule has 0 aromatic rings. The Bertz CT molecular complexity index is 690. The van der Waals surface area contributed by atoms with Crippen molar-refractivity contribution < 1.29 is 14.6 Å². The quantitative estimate of drug-likeness (QED) is 0.794. The van der Waals surface area contributed by atoms with Crippen LogP contribution in [0.1, 0.15) is 64.7 Å². The summed E-state index contributed by atoms with van der Waals surface area (Å²) in [6.45, 7) is 3.63. The topological polar surface area (TPSA) is 46.5 Å². The van der Waals surface area contributed by atoms with Crippen molar-refractivity contribution >= 4 is 5.78 Å². The second-order valence-electron chi connectivity index (χ2n) is 10.6. The minimum atomic E-state index is 0.190. The van der Waals surface area contributed by atoms with Crippen LogP contribution in [-0.2, 0) is 9.53 Å². The normalized spacial score (nSPS) is 55.6. The second kappa shape index (κ2) is 5.69. The molecule has 4 saturated carbocycles. The first-order valence-electron chi connectivity index (χ1n) is 11.6. The average Bonchev–Trinajstić information content (AvgIpc) is 3.25. The predicted octanol–water partition coefficient (Wildman–Crippen LogP) is 4.14. The number of carbonyl (C=O) groups is 1. The largest absolute Gasteiger partial charge is 0.396 e. The van der Waals surface area contributed by atoms with E-state index in [1.165, 1.54) is 44.1 Å². The molecule has 5 fully saturated rings. The molecule has 27 heavy (non-hydrogen) atoms. The number of ether oxygens (including phenoxy) is 1. The highest BCUT2D eigenvalue weighted by molar-refractivity contribution is 5.91. The third kappa shape index (κ3) is 1.99. The molecule has 6 rings (SSSR count). The van der Waals surface area contributed by atoms with Gasteiger partial charge in [-0.05, 0) is 93.0 Å². The van der Waals surface area contributed by atoms with Gasteiger partial charge in [-0.2, -0.15) is 0 Å². The van der Waals surface area contributed by atoms with Gasteiger partial charge in [-0.15, -0.1) is 0 Å². The lowest BCUT2D eigenvalue weighted by Gasteiger charge is -2.59. The van der Waals surface area contributed by atoms with Crippen LogP contribution in [-0.4, -0.2) is 29.7 Å². The van der Waals surface area contributed by atoms with Crippen molar-refractivity contribution in [2.45, 2.75) is 70.3 Å². The summed E-state index contributed by atoms with van der Waals surface area (Å²) in [5.74, 6) is 5.07. The van der Waals surface area contributed by atoms with Crippen LogP contribution < -0.4 is 0 Å². The number of carbonyl (C=O) groups excluding carboxylic acids is 1. The third-order valence-corrected chi connectivity index (χ3v) is 10.2. The van der Waals surface area contributed by atoms with Crippen LogP contribution in [0.15, 0.2) is 11.6 Å². The number of aliphatic hydroxyl groups is 1. The molecule has 0 bridgehead atoms. The summed E-state index contributed by atoms with van der Waals surface area (Å²) in [5.41, 5.74) is 1.90. The molecule has 6 aliphatic rings. The number of aliphatic hydroxyl groups excluding tert-OH is 1. The molecule has 1 N–H and O–H groups in total. The molecular weight excluding hydrogens is 336 g/mol. The van der Waals surface area contributed by atoms with E-state index in [1.807, 2.05) is 6.08 Å². The lowest BCUT2D eigenvalue weighted by atomic mass is 9.46. The second-order valence-corrected chi connectivity index (χ2v) is 10.6. The molecule has 9 atom stereocenters. The van der Waals surface area contributed by atoms with E-state index < -0.39 is 0 Å². The van der Waals surface area contributed by atoms with E-state index in [-0.39, 0.29) is 18.1 Å². The van der Waals surface area contributed by atoms with Crippen molar-refractivity contribution in [1.29, 1.82) is 0 Å². The Morgan fingerprint density at radius 1 is 1.19 bits per heavy atom. The van der Waals surface area contributed by atoms with E-state index in [0.29, 0.717) is 17.1 Å². The van der Waals surface area contributed by atoms with Gasteiger partial charge in [0.25, 0.3) is 0 Å². The number of rotatable bonds is 2. The fourth-order valence-corrected chi connectivity index (χ4v) is 9.45. The van der Waals surface area contributed by atoms with Crippen molar-refractivity contribution in [2.24, 2.45) is 46.8 Å². The van der Waals surface area contributed by atoms with Gasteiger partial charge in [-0.25, -0.2) is 0 Å². The molecule has 0 amide bonds. The summed E-state index contributed by atoms with van der Waals surface area (Å²) in [4.78, 5) is 12.1. The average molecular weight is 371 g/mol. The van der Waals surface area contributed by atoms with E-state index in [4.69, 9.17) is 4.74 Å². The van der Waals surface area contributed by atoms with Gasteiger partial charge >= 0.3 is 0 Å². The third-order valence-electron chi connectivity index (χ3n) is 10.2. The Morgan fingerprint density at radius 2 is 2.07 bits per heavy atom. The summed E-state index contributed by atoms with van der Waals surface area (Å²) in [6, 6.07) is 0. The zero-order chi connectivity index (χ0) is 18.4. The molecule has 148 valence electrons. The lowest BCUT2D eigenvalue weighted by molar-refractivity contribution is -0.161. The summed E-state index contributed by atoms with van der Waals surface area (Å²) in [7, 11) is 0. The van der Waals surface area contributed by atoms with Crippen LogP contribution in [0.4, 0.5) is 0 Å². The minimum absolute atomic E-state index is 0.190. The van der Waals surface area contributed by atoms with Crippen molar-refractivity contribution in [2.75, 3.05) is 13.2 Å². The van der Waals surface area contributed by atoms with Crippen molar-refractivity contribution in [3.63, 3.8) is 0 Å². The number of hydrogen-bond acceptors (Lipinski definition) is 3. The van der Waals surface area contributed by atoms with Gasteiger partial charge in [0.15, 0.2) is 5.78 Å². The highest BCUT2D eigenvalue weighted by Crippen LogP contribution is 2.79. The fourth-order valence-electron chi connectivity index (χ4n) is 9.45. The standard InChI is InChI=1S/C24H34O3/c1-2-23-8-6-17-16-5-4-15(26)11-18(16)14(13-25)10-19(17)22(23)20-12-21(20)24(23)7-3-9-27-24/h11,14,16-17,19-22,25H,2-10,12-13H2,1H3/t14?,16-,17?,19?,20?,21?,22?,23+,24+/m1/s1. The molecule has 0 aromatic carbocycles. The molecule has 3 nitrogen and oxygen atoms in total. The maximum atomic E-state index is 12.1. The first-order valence-corrected chi connectivity index (χ1v) is 11.6. The van der Waals surface area contributed by atoms with Gasteiger partial charge in [-0.3, -0.25) is 4.79 Å². The van der Waals surface area contributed by atoms with E-state index in [0.717, 1.165) is 55.5 Å². The molecular formula is C24H34O3. The molecule has 5 aliphatic carbocycles. The van der Waals surface area contributed by atoms with Crippen molar-refractivity contribution in [1.82, 2.24) is 0 Å². The first-order chi connectivity index (χ1) is 13.1. The van der Waals surface area contributed by atoms with Crippen LogP contribution in [0.2, 0.25) is 0 Å². The molecule has 1 heterocycles. The van der Waals surface area contributed by atoms with Gasteiger partial charge < -0.3 is 9.84 Å². The van der Waals surface area contributed by atoms with Gasteiger partial charge in [-0.1, -0.05) is 12.5 Å². The van der Waals surface area contributed by atoms with Gasteiger partial charge in [0.1, 0.15) is 0 Å². The SMILES string of the molecule is CC[C@]12CCC3C(CC(CO)C4=CC(=O)CC[C@@H]43)C1C1CC1[C@@]21CCCO1. The van der Waals surface area contributed by atoms with Crippen LogP contribution in [0, 0.1) is 46.8 Å². The molecule has 0 aromatic heterocycles. The maximum Gasteiger partial charge on any atom is 0.155 e. The summed E-state index contributed by atoms with van der Waals surface area (Å²) in [6.07, 6.45) is 12.7. The monoisotopic (exact) mass is 370 g/mol. The lowest BCUT2D eigenvalue weighted by Crippen LogP contribution is -2.57. The molecule has 1 aliphatic heterocycles. The summed E-state index contributed by atoms with van der Waals surface area (Å²) in [5, 5.41) is 10.2. The minimum Gasteiger partial charge on any atom is -0.396 e. The van der Waals surface area contributed by atoms with E-state index in [1.54, 1.807) is 0 Å². The van der Waals surface area contributed by atoms with Crippen LogP contribution in [0.25, 0.3) is 0 Å². The zero-order valence-electron chi connectivity index (χ0n) is 16.7. The van der Waals surface area contributed by atoms with E-state index >= 15 is 0 Å². The zero-order valence-corrected chi connectivity index (χ0v) is 16.7. The van der Waals surface area contributed by atoms with Gasteiger partial charge in [0.05, 0.1) is 5.60 Å². The summed E-state index contributed by atoms with van der Waals surface area (Å²) >= 11 is 0. The van der Waals surface area contributed by atoms with Crippen LogP contribution in [0.5, 0.6) is 0 Å². The Morgan fingerprint density at radius 3 is 2.81 bits per heavy atom. The smallest absolute Gasteiger partial charge is 0.155 e.